The highest BCUT2D eigenvalue weighted by atomic mass is 15.2. The van der Waals surface area contributed by atoms with Crippen LogP contribution >= 0.6 is 0 Å². The van der Waals surface area contributed by atoms with E-state index in [9.17, 15) is 0 Å². The molecule has 0 spiro atoms. The molecule has 1 saturated carbocycles. The fourth-order valence-corrected chi connectivity index (χ4v) is 2.06. The van der Waals surface area contributed by atoms with Crippen LogP contribution in [0.4, 0.5) is 11.4 Å². The lowest BCUT2D eigenvalue weighted by molar-refractivity contribution is 0.713. The molecular weight excluding hydrogens is 210 g/mol. The van der Waals surface area contributed by atoms with Crippen LogP contribution < -0.4 is 10.6 Å². The number of nitriles is 1. The smallest absolute Gasteiger partial charge is 0.101 e. The van der Waals surface area contributed by atoms with Crippen LogP contribution in [-0.2, 0) is 0 Å². The molecule has 0 unspecified atom stereocenters. The summed E-state index contributed by atoms with van der Waals surface area (Å²) in [7, 11) is 0. The van der Waals surface area contributed by atoms with Crippen LogP contribution in [0.2, 0.25) is 0 Å². The topological polar surface area (TPSA) is 53.0 Å². The Labute approximate surface area is 103 Å². The van der Waals surface area contributed by atoms with E-state index in [1.165, 1.54) is 25.7 Å². The highest BCUT2D eigenvalue weighted by Crippen LogP contribution is 2.33. The second kappa shape index (κ2) is 5.09. The van der Waals surface area contributed by atoms with Gasteiger partial charge in [-0.25, -0.2) is 0 Å². The molecule has 1 fully saturated rings. The SMILES string of the molecule is CCCCN(c1ccc(N)c(C#N)c1)C1CC1. The summed E-state index contributed by atoms with van der Waals surface area (Å²) >= 11 is 0. The van der Waals surface area contributed by atoms with Crippen LogP contribution in [0.3, 0.4) is 0 Å². The summed E-state index contributed by atoms with van der Waals surface area (Å²) in [5.41, 5.74) is 8.06. The van der Waals surface area contributed by atoms with Gasteiger partial charge in [0.25, 0.3) is 0 Å². The third kappa shape index (κ3) is 2.71. The molecule has 0 atom stereocenters. The maximum atomic E-state index is 9.01. The summed E-state index contributed by atoms with van der Waals surface area (Å²) in [4.78, 5) is 2.42. The molecule has 90 valence electrons. The first kappa shape index (κ1) is 11.8. The number of nitrogens with zero attached hydrogens (tertiary/aromatic N) is 2. The van der Waals surface area contributed by atoms with Crippen molar-refractivity contribution in [1.29, 1.82) is 5.26 Å². The van der Waals surface area contributed by atoms with Crippen LogP contribution in [0.1, 0.15) is 38.2 Å². The number of rotatable bonds is 5. The summed E-state index contributed by atoms with van der Waals surface area (Å²) in [6.45, 7) is 3.28. The lowest BCUT2D eigenvalue weighted by Gasteiger charge is -2.25. The minimum atomic E-state index is 0.572. The van der Waals surface area contributed by atoms with Crippen molar-refractivity contribution in [3.05, 3.63) is 23.8 Å². The number of nitrogen functional groups attached to an aromatic ring is 1. The molecule has 3 nitrogen and oxygen atoms in total. The number of benzene rings is 1. The van der Waals surface area contributed by atoms with Gasteiger partial charge >= 0.3 is 0 Å². The van der Waals surface area contributed by atoms with Gasteiger partial charge in [0, 0.05) is 24.0 Å². The summed E-state index contributed by atoms with van der Waals surface area (Å²) in [5.74, 6) is 0. The molecule has 2 rings (SSSR count). The molecule has 0 heterocycles. The van der Waals surface area contributed by atoms with Crippen LogP contribution in [-0.4, -0.2) is 12.6 Å². The van der Waals surface area contributed by atoms with Crippen molar-refractivity contribution in [1.82, 2.24) is 0 Å². The van der Waals surface area contributed by atoms with Crippen molar-refractivity contribution in [3.63, 3.8) is 0 Å². The molecular formula is C14H19N3. The second-order valence-corrected chi connectivity index (χ2v) is 4.66. The van der Waals surface area contributed by atoms with Gasteiger partial charge in [-0.05, 0) is 37.5 Å². The fourth-order valence-electron chi connectivity index (χ4n) is 2.06. The Hall–Kier alpha value is -1.69. The minimum absolute atomic E-state index is 0.572. The first-order valence-electron chi connectivity index (χ1n) is 6.32. The standard InChI is InChI=1S/C14H19N3/c1-2-3-8-17(12-4-5-12)13-6-7-14(16)11(9-13)10-15/h6-7,9,12H,2-5,8,16H2,1H3. The van der Waals surface area contributed by atoms with Crippen LogP contribution in [0.5, 0.6) is 0 Å². The number of hydrogen-bond donors (Lipinski definition) is 1. The van der Waals surface area contributed by atoms with Crippen molar-refractivity contribution >= 4 is 11.4 Å². The maximum Gasteiger partial charge on any atom is 0.101 e. The monoisotopic (exact) mass is 229 g/mol. The molecule has 0 amide bonds. The lowest BCUT2D eigenvalue weighted by Crippen LogP contribution is -2.26. The van der Waals surface area contributed by atoms with E-state index in [1.807, 2.05) is 18.2 Å². The fraction of sp³-hybridized carbons (Fsp3) is 0.500. The molecule has 17 heavy (non-hydrogen) atoms. The number of unbranched alkanes of at least 4 members (excludes halogenated alkanes) is 1. The zero-order valence-corrected chi connectivity index (χ0v) is 10.3. The molecule has 0 radical (unpaired) electrons. The van der Waals surface area contributed by atoms with Gasteiger partial charge in [0.15, 0.2) is 0 Å². The molecule has 1 aliphatic carbocycles. The highest BCUT2D eigenvalue weighted by Gasteiger charge is 2.28. The number of anilines is 2. The third-order valence-electron chi connectivity index (χ3n) is 3.23. The van der Waals surface area contributed by atoms with E-state index >= 15 is 0 Å². The Morgan fingerprint density at radius 3 is 2.82 bits per heavy atom. The summed E-state index contributed by atoms with van der Waals surface area (Å²) in [5, 5.41) is 9.01. The van der Waals surface area contributed by atoms with E-state index in [2.05, 4.69) is 17.9 Å². The summed E-state index contributed by atoms with van der Waals surface area (Å²) < 4.78 is 0. The molecule has 1 aromatic rings. The zero-order chi connectivity index (χ0) is 12.3. The van der Waals surface area contributed by atoms with Gasteiger partial charge in [0.2, 0.25) is 0 Å². The molecule has 0 aromatic heterocycles. The predicted octanol–water partition coefficient (Wildman–Crippen LogP) is 2.91. The Morgan fingerprint density at radius 2 is 2.24 bits per heavy atom. The van der Waals surface area contributed by atoms with E-state index in [0.717, 1.165) is 12.2 Å². The Bertz CT molecular complexity index is 430. The van der Waals surface area contributed by atoms with Gasteiger partial charge in [-0.3, -0.25) is 0 Å². The molecule has 1 aromatic carbocycles. The average molecular weight is 229 g/mol. The minimum Gasteiger partial charge on any atom is -0.398 e. The third-order valence-corrected chi connectivity index (χ3v) is 3.23. The van der Waals surface area contributed by atoms with Crippen LogP contribution in [0, 0.1) is 11.3 Å². The molecule has 0 saturated heterocycles. The van der Waals surface area contributed by atoms with Gasteiger partial charge in [-0.1, -0.05) is 13.3 Å². The Kier molecular flexibility index (Phi) is 3.53. The largest absolute Gasteiger partial charge is 0.398 e. The average Bonchev–Trinajstić information content (AvgIpc) is 3.16. The number of hydrogen-bond acceptors (Lipinski definition) is 3. The summed E-state index contributed by atoms with van der Waals surface area (Å²) in [6.07, 6.45) is 4.94. The highest BCUT2D eigenvalue weighted by molar-refractivity contribution is 5.63. The van der Waals surface area contributed by atoms with E-state index in [1.54, 1.807) is 0 Å². The van der Waals surface area contributed by atoms with Gasteiger partial charge in [0.05, 0.1) is 5.56 Å². The number of nitrogens with two attached hydrogens (primary N) is 1. The van der Waals surface area contributed by atoms with Crippen molar-refractivity contribution in [3.8, 4) is 6.07 Å². The normalized spacial score (nSPS) is 14.4. The summed E-state index contributed by atoms with van der Waals surface area (Å²) in [6, 6.07) is 8.63. The molecule has 0 aliphatic heterocycles. The maximum absolute atomic E-state index is 9.01. The van der Waals surface area contributed by atoms with E-state index in [0.29, 0.717) is 17.3 Å². The quantitative estimate of drug-likeness (QED) is 0.790. The predicted molar refractivity (Wildman–Crippen MR) is 70.8 cm³/mol. The first-order valence-corrected chi connectivity index (χ1v) is 6.32. The Balaban J connectivity index is 2.20. The van der Waals surface area contributed by atoms with Gasteiger partial charge in [0.1, 0.15) is 6.07 Å². The van der Waals surface area contributed by atoms with Crippen molar-refractivity contribution < 1.29 is 0 Å². The van der Waals surface area contributed by atoms with Crippen molar-refractivity contribution in [2.45, 2.75) is 38.6 Å². The van der Waals surface area contributed by atoms with Crippen molar-refractivity contribution in [2.75, 3.05) is 17.2 Å². The van der Waals surface area contributed by atoms with Crippen molar-refractivity contribution in [2.24, 2.45) is 0 Å². The molecule has 2 N–H and O–H groups in total. The van der Waals surface area contributed by atoms with Gasteiger partial charge in [-0.2, -0.15) is 5.26 Å². The van der Waals surface area contributed by atoms with Gasteiger partial charge in [-0.15, -0.1) is 0 Å². The molecule has 1 aliphatic rings. The lowest BCUT2D eigenvalue weighted by atomic mass is 10.1. The zero-order valence-electron chi connectivity index (χ0n) is 10.3. The molecule has 0 bridgehead atoms. The molecule has 3 heteroatoms. The van der Waals surface area contributed by atoms with E-state index < -0.39 is 0 Å². The van der Waals surface area contributed by atoms with E-state index in [4.69, 9.17) is 11.0 Å². The van der Waals surface area contributed by atoms with E-state index in [-0.39, 0.29) is 0 Å². The van der Waals surface area contributed by atoms with Gasteiger partial charge < -0.3 is 10.6 Å². The second-order valence-electron chi connectivity index (χ2n) is 4.66. The first-order chi connectivity index (χ1) is 8.26. The van der Waals surface area contributed by atoms with Crippen LogP contribution in [0.25, 0.3) is 0 Å². The van der Waals surface area contributed by atoms with Crippen LogP contribution in [0.15, 0.2) is 18.2 Å². The Morgan fingerprint density at radius 1 is 1.47 bits per heavy atom.